The molecule has 1 aliphatic heterocycles. The Hall–Kier alpha value is -3.09. The number of nitrogen functional groups attached to an aromatic ring is 1. The molecule has 1 atom stereocenters. The third-order valence-corrected chi connectivity index (χ3v) is 5.17. The summed E-state index contributed by atoms with van der Waals surface area (Å²) in [7, 11) is 0. The number of benzene rings is 2. The zero-order valence-electron chi connectivity index (χ0n) is 16.4. The predicted octanol–water partition coefficient (Wildman–Crippen LogP) is 3.40. The summed E-state index contributed by atoms with van der Waals surface area (Å²) in [5, 5.41) is 5.44. The summed E-state index contributed by atoms with van der Waals surface area (Å²) in [5.41, 5.74) is 8.06. The minimum atomic E-state index is -0.401. The maximum Gasteiger partial charge on any atom is 0.319 e. The van der Waals surface area contributed by atoms with E-state index in [4.69, 9.17) is 5.73 Å². The molecule has 1 fully saturated rings. The molecule has 0 saturated carbocycles. The Morgan fingerprint density at radius 1 is 1.17 bits per heavy atom. The van der Waals surface area contributed by atoms with Gasteiger partial charge in [0.2, 0.25) is 5.91 Å². The molecule has 3 rings (SSSR count). The first kappa shape index (κ1) is 20.6. The largest absolute Gasteiger partial charge is 0.399 e. The molecule has 0 radical (unpaired) electrons. The van der Waals surface area contributed by atoms with E-state index in [9.17, 15) is 14.0 Å². The number of hydrogen-bond acceptors (Lipinski definition) is 3. The average Bonchev–Trinajstić information content (AvgIpc) is 2.72. The Labute approximate surface area is 170 Å². The maximum absolute atomic E-state index is 13.2. The number of rotatable bonds is 6. The summed E-state index contributed by atoms with van der Waals surface area (Å²) in [6.45, 7) is 1.84. The molecule has 0 bridgehead atoms. The summed E-state index contributed by atoms with van der Waals surface area (Å²) < 4.78 is 13.2. The van der Waals surface area contributed by atoms with Crippen molar-refractivity contribution in [2.75, 3.05) is 30.7 Å². The van der Waals surface area contributed by atoms with Crippen LogP contribution in [0.25, 0.3) is 0 Å². The summed E-state index contributed by atoms with van der Waals surface area (Å²) in [4.78, 5) is 26.5. The summed E-state index contributed by atoms with van der Waals surface area (Å²) in [6.07, 6.45) is 2.92. The van der Waals surface area contributed by atoms with Gasteiger partial charge >= 0.3 is 6.03 Å². The Morgan fingerprint density at radius 2 is 2.00 bits per heavy atom. The number of halogens is 1. The number of nitrogens with two attached hydrogens (primary N) is 1. The number of carbonyl (C=O) groups is 2. The smallest absolute Gasteiger partial charge is 0.319 e. The number of para-hydroxylation sites is 1. The maximum atomic E-state index is 13.2. The molecule has 1 saturated heterocycles. The van der Waals surface area contributed by atoms with Gasteiger partial charge < -0.3 is 21.3 Å². The van der Waals surface area contributed by atoms with Crippen LogP contribution < -0.4 is 16.4 Å². The van der Waals surface area contributed by atoms with Gasteiger partial charge in [0.1, 0.15) is 5.82 Å². The lowest BCUT2D eigenvalue weighted by Gasteiger charge is -2.33. The highest BCUT2D eigenvalue weighted by Crippen LogP contribution is 2.19. The van der Waals surface area contributed by atoms with Crippen molar-refractivity contribution >= 4 is 23.3 Å². The normalized spacial score (nSPS) is 16.3. The fraction of sp³-hybridized carbons (Fsp3) is 0.364. The fourth-order valence-corrected chi connectivity index (χ4v) is 3.60. The van der Waals surface area contributed by atoms with Gasteiger partial charge in [-0.15, -0.1) is 0 Å². The SMILES string of the molecule is Nc1ccccc1CCC(=O)N1CCCC(CNC(=O)Nc2cccc(F)c2)C1. The molecule has 0 spiro atoms. The summed E-state index contributed by atoms with van der Waals surface area (Å²) >= 11 is 0. The van der Waals surface area contributed by atoms with Crippen LogP contribution in [0.15, 0.2) is 48.5 Å². The number of aryl methyl sites for hydroxylation is 1. The lowest BCUT2D eigenvalue weighted by atomic mass is 9.97. The van der Waals surface area contributed by atoms with Crippen LogP contribution in [-0.4, -0.2) is 36.5 Å². The molecule has 1 heterocycles. The van der Waals surface area contributed by atoms with Gasteiger partial charge in [-0.25, -0.2) is 9.18 Å². The zero-order valence-corrected chi connectivity index (χ0v) is 16.4. The molecule has 0 aromatic heterocycles. The zero-order chi connectivity index (χ0) is 20.6. The molecule has 0 aliphatic carbocycles. The summed E-state index contributed by atoms with van der Waals surface area (Å²) in [6, 6.07) is 13.0. The third-order valence-electron chi connectivity index (χ3n) is 5.17. The van der Waals surface area contributed by atoms with E-state index in [1.54, 1.807) is 12.1 Å². The van der Waals surface area contributed by atoms with E-state index in [0.717, 1.165) is 24.9 Å². The number of anilines is 2. The standard InChI is InChI=1S/C22H27FN4O2/c23-18-7-3-8-19(13-18)26-22(29)25-14-16-5-4-12-27(15-16)21(28)11-10-17-6-1-2-9-20(17)24/h1-3,6-9,13,16H,4-5,10-12,14-15,24H2,(H2,25,26,29). The highest BCUT2D eigenvalue weighted by atomic mass is 19.1. The number of nitrogens with one attached hydrogen (secondary N) is 2. The Morgan fingerprint density at radius 3 is 2.79 bits per heavy atom. The van der Waals surface area contributed by atoms with E-state index in [1.165, 1.54) is 12.1 Å². The third kappa shape index (κ3) is 6.20. The van der Waals surface area contributed by atoms with Crippen molar-refractivity contribution in [1.29, 1.82) is 0 Å². The van der Waals surface area contributed by atoms with E-state index in [1.807, 2.05) is 29.2 Å². The number of carbonyl (C=O) groups excluding carboxylic acids is 2. The lowest BCUT2D eigenvalue weighted by Crippen LogP contribution is -2.44. The molecule has 6 nitrogen and oxygen atoms in total. The first-order valence-electron chi connectivity index (χ1n) is 9.93. The van der Waals surface area contributed by atoms with Crippen LogP contribution >= 0.6 is 0 Å². The first-order chi connectivity index (χ1) is 14.0. The molecular weight excluding hydrogens is 371 g/mol. The van der Waals surface area contributed by atoms with E-state index in [-0.39, 0.29) is 17.9 Å². The van der Waals surface area contributed by atoms with Crippen molar-refractivity contribution in [3.8, 4) is 0 Å². The number of hydrogen-bond donors (Lipinski definition) is 3. The van der Waals surface area contributed by atoms with Gasteiger partial charge in [0, 0.05) is 37.4 Å². The van der Waals surface area contributed by atoms with Crippen LogP contribution in [0.4, 0.5) is 20.6 Å². The number of likely N-dealkylation sites (tertiary alicyclic amines) is 1. The molecule has 29 heavy (non-hydrogen) atoms. The minimum absolute atomic E-state index is 0.113. The van der Waals surface area contributed by atoms with Gasteiger partial charge in [0.05, 0.1) is 0 Å². The van der Waals surface area contributed by atoms with Crippen molar-refractivity contribution < 1.29 is 14.0 Å². The first-order valence-corrected chi connectivity index (χ1v) is 9.93. The molecule has 1 aliphatic rings. The molecule has 7 heteroatoms. The second kappa shape index (κ2) is 9.91. The predicted molar refractivity (Wildman–Crippen MR) is 112 cm³/mol. The van der Waals surface area contributed by atoms with Crippen molar-refractivity contribution in [1.82, 2.24) is 10.2 Å². The molecule has 154 valence electrons. The topological polar surface area (TPSA) is 87.5 Å². The van der Waals surface area contributed by atoms with Gasteiger partial charge in [0.25, 0.3) is 0 Å². The summed E-state index contributed by atoms with van der Waals surface area (Å²) in [5.74, 6) is -0.0867. The molecule has 3 amide bonds. The fourth-order valence-electron chi connectivity index (χ4n) is 3.60. The highest BCUT2D eigenvalue weighted by molar-refractivity contribution is 5.89. The van der Waals surface area contributed by atoms with E-state index in [0.29, 0.717) is 37.3 Å². The lowest BCUT2D eigenvalue weighted by molar-refractivity contribution is -0.132. The molecule has 2 aromatic rings. The molecular formula is C22H27FN4O2. The van der Waals surface area contributed by atoms with Crippen LogP contribution in [0.5, 0.6) is 0 Å². The van der Waals surface area contributed by atoms with Crippen LogP contribution in [0.1, 0.15) is 24.8 Å². The Kier molecular flexibility index (Phi) is 7.05. The van der Waals surface area contributed by atoms with E-state index >= 15 is 0 Å². The second-order valence-electron chi connectivity index (χ2n) is 7.39. The van der Waals surface area contributed by atoms with Crippen molar-refractivity contribution in [2.45, 2.75) is 25.7 Å². The quantitative estimate of drug-likeness (QED) is 0.652. The van der Waals surface area contributed by atoms with Gasteiger partial charge in [-0.1, -0.05) is 24.3 Å². The van der Waals surface area contributed by atoms with E-state index < -0.39 is 5.82 Å². The minimum Gasteiger partial charge on any atom is -0.399 e. The molecule has 1 unspecified atom stereocenters. The molecule has 4 N–H and O–H groups in total. The average molecular weight is 398 g/mol. The van der Waals surface area contributed by atoms with Gasteiger partial charge in [-0.3, -0.25) is 4.79 Å². The number of amides is 3. The van der Waals surface area contributed by atoms with Crippen molar-refractivity contribution in [3.63, 3.8) is 0 Å². The van der Waals surface area contributed by atoms with Gasteiger partial charge in [-0.2, -0.15) is 0 Å². The number of nitrogens with zero attached hydrogens (tertiary/aromatic N) is 1. The molecule has 2 aromatic carbocycles. The van der Waals surface area contributed by atoms with E-state index in [2.05, 4.69) is 10.6 Å². The number of piperidine rings is 1. The number of urea groups is 1. The monoisotopic (exact) mass is 398 g/mol. The van der Waals surface area contributed by atoms with Crippen LogP contribution in [0.3, 0.4) is 0 Å². The Balaban J connectivity index is 1.43. The van der Waals surface area contributed by atoms with Crippen molar-refractivity contribution in [3.05, 3.63) is 59.9 Å². The van der Waals surface area contributed by atoms with Crippen LogP contribution in [-0.2, 0) is 11.2 Å². The van der Waals surface area contributed by atoms with Crippen LogP contribution in [0.2, 0.25) is 0 Å². The Bertz CT molecular complexity index is 858. The van der Waals surface area contributed by atoms with Crippen LogP contribution in [0, 0.1) is 11.7 Å². The van der Waals surface area contributed by atoms with Crippen molar-refractivity contribution in [2.24, 2.45) is 5.92 Å². The highest BCUT2D eigenvalue weighted by Gasteiger charge is 2.24. The second-order valence-corrected chi connectivity index (χ2v) is 7.39. The van der Waals surface area contributed by atoms with Gasteiger partial charge in [-0.05, 0) is 55.0 Å². The van der Waals surface area contributed by atoms with Gasteiger partial charge in [0.15, 0.2) is 0 Å².